The molecule has 14 nitrogen and oxygen atoms in total. The van der Waals surface area contributed by atoms with E-state index >= 15 is 0 Å². The van der Waals surface area contributed by atoms with E-state index in [2.05, 4.69) is 10.0 Å². The number of urea groups is 1. The second-order valence-electron chi connectivity index (χ2n) is 14.8. The van der Waals surface area contributed by atoms with Crippen molar-refractivity contribution in [2.24, 2.45) is 10.8 Å². The number of hydrogen-bond acceptors (Lipinski definition) is 9. The smallest absolute Gasteiger partial charge is 0.331 e. The van der Waals surface area contributed by atoms with Crippen molar-refractivity contribution in [1.82, 2.24) is 4.90 Å². The van der Waals surface area contributed by atoms with E-state index in [4.69, 9.17) is 9.47 Å². The summed E-state index contributed by atoms with van der Waals surface area (Å²) in [6.45, 7) is 14.8. The zero-order chi connectivity index (χ0) is 38.0. The maximum Gasteiger partial charge on any atom is 0.331 e. The molecule has 0 bridgehead atoms. The molecule has 1 atom stereocenters. The SMILES string of the molecule is COc1c(C(=O)Nc2ccc(NS(=O)(=O)CCOC(=O)C(C)(C)C)cc2)cc(N2CCC(=O)N(C(C)C(C)(C)C(=O)O)C2=O)cc1C(C)(C)C. The van der Waals surface area contributed by atoms with Crippen LogP contribution in [0.2, 0.25) is 0 Å². The summed E-state index contributed by atoms with van der Waals surface area (Å²) in [6, 6.07) is 7.45. The number of nitrogens with one attached hydrogen (secondary N) is 2. The van der Waals surface area contributed by atoms with Gasteiger partial charge in [0.1, 0.15) is 18.1 Å². The maximum atomic E-state index is 13.8. The average molecular weight is 717 g/mol. The largest absolute Gasteiger partial charge is 0.496 e. The molecule has 15 heteroatoms. The van der Waals surface area contributed by atoms with E-state index in [1.165, 1.54) is 63.1 Å². The van der Waals surface area contributed by atoms with Gasteiger partial charge in [-0.3, -0.25) is 33.7 Å². The molecule has 1 fully saturated rings. The molecule has 2 aromatic rings. The number of anilines is 3. The van der Waals surface area contributed by atoms with Crippen LogP contribution in [0.3, 0.4) is 0 Å². The fourth-order valence-corrected chi connectivity index (χ4v) is 5.91. The molecule has 3 N–H and O–H groups in total. The molecule has 0 aliphatic carbocycles. The van der Waals surface area contributed by atoms with Crippen molar-refractivity contribution in [2.45, 2.75) is 80.2 Å². The highest BCUT2D eigenvalue weighted by Crippen LogP contribution is 2.39. The monoisotopic (exact) mass is 716 g/mol. The van der Waals surface area contributed by atoms with Gasteiger partial charge in [0.25, 0.3) is 5.91 Å². The minimum absolute atomic E-state index is 0.0156. The summed E-state index contributed by atoms with van der Waals surface area (Å²) in [5, 5.41) is 12.6. The fraction of sp³-hybridized carbons (Fsp3) is 0.514. The number of methoxy groups -OCH3 is 1. The lowest BCUT2D eigenvalue weighted by Crippen LogP contribution is -2.60. The van der Waals surface area contributed by atoms with Gasteiger partial charge in [0.05, 0.1) is 29.5 Å². The van der Waals surface area contributed by atoms with E-state index in [9.17, 15) is 37.5 Å². The average Bonchev–Trinajstić information content (AvgIpc) is 3.00. The van der Waals surface area contributed by atoms with Crippen LogP contribution in [0.4, 0.5) is 21.9 Å². The lowest BCUT2D eigenvalue weighted by atomic mass is 9.83. The number of sulfonamides is 1. The Morgan fingerprint density at radius 1 is 0.960 bits per heavy atom. The van der Waals surface area contributed by atoms with Crippen molar-refractivity contribution in [2.75, 3.05) is 41.0 Å². The predicted octanol–water partition coefficient (Wildman–Crippen LogP) is 5.23. The molecular formula is C35H48N4O10S. The van der Waals surface area contributed by atoms with Crippen molar-refractivity contribution < 1.29 is 47.0 Å². The Kier molecular flexibility index (Phi) is 11.7. The molecule has 1 heterocycles. The number of carbonyl (C=O) groups excluding carboxylic acids is 4. The number of carboxylic acid groups (broad SMARTS) is 1. The number of ether oxygens (including phenoxy) is 2. The summed E-state index contributed by atoms with van der Waals surface area (Å²) in [7, 11) is -2.42. The minimum atomic E-state index is -3.84. The van der Waals surface area contributed by atoms with Gasteiger partial charge in [0.2, 0.25) is 15.9 Å². The summed E-state index contributed by atoms with van der Waals surface area (Å²) in [5.74, 6) is -2.93. The minimum Gasteiger partial charge on any atom is -0.496 e. The summed E-state index contributed by atoms with van der Waals surface area (Å²) in [4.78, 5) is 66.8. The highest BCUT2D eigenvalue weighted by Gasteiger charge is 2.45. The summed E-state index contributed by atoms with van der Waals surface area (Å²) >= 11 is 0. The molecule has 0 radical (unpaired) electrons. The van der Waals surface area contributed by atoms with Crippen LogP contribution in [0.25, 0.3) is 0 Å². The topological polar surface area (TPSA) is 189 Å². The molecule has 1 aliphatic rings. The molecule has 3 rings (SSSR count). The Hall–Kier alpha value is -4.66. The molecule has 0 aromatic heterocycles. The Labute approximate surface area is 293 Å². The second kappa shape index (κ2) is 14.7. The van der Waals surface area contributed by atoms with Crippen LogP contribution in [0.5, 0.6) is 5.75 Å². The van der Waals surface area contributed by atoms with Crippen LogP contribution < -0.4 is 19.7 Å². The third-order valence-corrected chi connectivity index (χ3v) is 9.74. The van der Waals surface area contributed by atoms with Crippen molar-refractivity contribution in [3.63, 3.8) is 0 Å². The van der Waals surface area contributed by atoms with Gasteiger partial charge in [-0.1, -0.05) is 20.8 Å². The Morgan fingerprint density at radius 2 is 1.54 bits per heavy atom. The van der Waals surface area contributed by atoms with E-state index in [1.54, 1.807) is 26.8 Å². The number of nitrogens with zero attached hydrogens (tertiary/aromatic N) is 2. The zero-order valence-electron chi connectivity index (χ0n) is 30.3. The molecule has 274 valence electrons. The highest BCUT2D eigenvalue weighted by molar-refractivity contribution is 7.92. The summed E-state index contributed by atoms with van der Waals surface area (Å²) in [5.41, 5.74) is -1.17. The lowest BCUT2D eigenvalue weighted by Gasteiger charge is -2.42. The van der Waals surface area contributed by atoms with Gasteiger partial charge in [-0.05, 0) is 83.4 Å². The molecule has 50 heavy (non-hydrogen) atoms. The number of carboxylic acids is 1. The number of imide groups is 1. The fourth-order valence-electron chi connectivity index (χ4n) is 5.01. The van der Waals surface area contributed by atoms with Gasteiger partial charge < -0.3 is 19.9 Å². The van der Waals surface area contributed by atoms with Crippen LogP contribution >= 0.6 is 0 Å². The normalized spacial score (nSPS) is 15.0. The number of amides is 4. The number of benzene rings is 2. The molecule has 1 aliphatic heterocycles. The zero-order valence-corrected chi connectivity index (χ0v) is 31.1. The molecule has 1 saturated heterocycles. The van der Waals surface area contributed by atoms with Crippen LogP contribution in [0.1, 0.15) is 84.7 Å². The van der Waals surface area contributed by atoms with Crippen molar-refractivity contribution in [3.8, 4) is 5.75 Å². The van der Waals surface area contributed by atoms with Crippen LogP contribution in [0, 0.1) is 10.8 Å². The first kappa shape index (κ1) is 39.8. The van der Waals surface area contributed by atoms with Crippen LogP contribution in [-0.2, 0) is 34.6 Å². The highest BCUT2D eigenvalue weighted by atomic mass is 32.2. The Morgan fingerprint density at radius 3 is 2.06 bits per heavy atom. The molecule has 4 amide bonds. The number of esters is 1. The first-order valence-corrected chi connectivity index (χ1v) is 17.7. The van der Waals surface area contributed by atoms with Crippen LogP contribution in [0.15, 0.2) is 36.4 Å². The lowest BCUT2D eigenvalue weighted by molar-refractivity contribution is -0.153. The van der Waals surface area contributed by atoms with Crippen LogP contribution in [-0.4, -0.2) is 80.3 Å². The van der Waals surface area contributed by atoms with E-state index in [0.717, 1.165) is 4.90 Å². The van der Waals surface area contributed by atoms with Gasteiger partial charge >= 0.3 is 18.0 Å². The third kappa shape index (κ3) is 9.11. The van der Waals surface area contributed by atoms with Gasteiger partial charge in [-0.15, -0.1) is 0 Å². The predicted molar refractivity (Wildman–Crippen MR) is 189 cm³/mol. The molecular weight excluding hydrogens is 668 g/mol. The molecule has 0 spiro atoms. The molecule has 1 unspecified atom stereocenters. The van der Waals surface area contributed by atoms with E-state index in [0.29, 0.717) is 16.9 Å². The first-order valence-electron chi connectivity index (χ1n) is 16.1. The Balaban J connectivity index is 1.89. The van der Waals surface area contributed by atoms with Crippen molar-refractivity contribution >= 4 is 56.9 Å². The van der Waals surface area contributed by atoms with Gasteiger partial charge in [0.15, 0.2) is 0 Å². The summed E-state index contributed by atoms with van der Waals surface area (Å²) in [6.07, 6.45) is -0.0532. The standard InChI is InChI=1S/C35H48N4O10S/c1-21(35(8,9)30(42)43)39-27(40)15-16-38(32(39)45)24-19-25(28(48-10)26(20-24)33(2,3)4)29(41)36-22-11-13-23(14-12-22)37-50(46,47)18-17-49-31(44)34(5,6)7/h11-14,19-21,37H,15-18H2,1-10H3,(H,36,41)(H,42,43). The van der Waals surface area contributed by atoms with Gasteiger partial charge in [-0.2, -0.15) is 0 Å². The summed E-state index contributed by atoms with van der Waals surface area (Å²) < 4.78 is 38.3. The number of aliphatic carboxylic acids is 1. The number of rotatable bonds is 12. The van der Waals surface area contributed by atoms with E-state index in [-0.39, 0.29) is 36.6 Å². The second-order valence-corrected chi connectivity index (χ2v) is 16.7. The maximum absolute atomic E-state index is 13.8. The number of hydrogen-bond donors (Lipinski definition) is 3. The van der Waals surface area contributed by atoms with Gasteiger partial charge in [0, 0.05) is 35.6 Å². The van der Waals surface area contributed by atoms with Gasteiger partial charge in [-0.25, -0.2) is 13.2 Å². The third-order valence-electron chi connectivity index (χ3n) is 8.49. The van der Waals surface area contributed by atoms with E-state index < -0.39 is 67.8 Å². The Bertz CT molecular complexity index is 1760. The molecule has 0 saturated carbocycles. The number of carbonyl (C=O) groups is 5. The molecule has 2 aromatic carbocycles. The van der Waals surface area contributed by atoms with E-state index in [1.807, 2.05) is 20.8 Å². The van der Waals surface area contributed by atoms with Crippen molar-refractivity contribution in [3.05, 3.63) is 47.5 Å². The quantitative estimate of drug-likeness (QED) is 0.245. The van der Waals surface area contributed by atoms with Crippen molar-refractivity contribution in [1.29, 1.82) is 0 Å². The first-order chi connectivity index (χ1) is 22.9.